The van der Waals surface area contributed by atoms with Gasteiger partial charge in [0.25, 0.3) is 0 Å². The van der Waals surface area contributed by atoms with Crippen molar-refractivity contribution in [2.45, 2.75) is 18.9 Å². The number of aliphatic hydroxyl groups excluding tert-OH is 1. The second-order valence-corrected chi connectivity index (χ2v) is 4.16. The predicted molar refractivity (Wildman–Crippen MR) is 65.2 cm³/mol. The number of hydrogen-bond acceptors (Lipinski definition) is 2. The molecule has 1 aromatic carbocycles. The third-order valence-electron chi connectivity index (χ3n) is 2.14. The van der Waals surface area contributed by atoms with Crippen LogP contribution in [0.2, 0.25) is 0 Å². The van der Waals surface area contributed by atoms with Crippen LogP contribution in [-0.2, 0) is 4.74 Å². The third-order valence-corrected chi connectivity index (χ3v) is 2.70. The van der Waals surface area contributed by atoms with Gasteiger partial charge in [-0.25, -0.2) is 0 Å². The second-order valence-electron chi connectivity index (χ2n) is 3.37. The molecule has 0 aliphatic heterocycles. The van der Waals surface area contributed by atoms with Crippen LogP contribution in [0.3, 0.4) is 0 Å². The fourth-order valence-electron chi connectivity index (χ4n) is 1.30. The summed E-state index contributed by atoms with van der Waals surface area (Å²) in [4.78, 5) is 0. The van der Waals surface area contributed by atoms with Gasteiger partial charge in [0.2, 0.25) is 0 Å². The first-order valence-electron chi connectivity index (χ1n) is 5.21. The van der Waals surface area contributed by atoms with Crippen LogP contribution >= 0.6 is 15.9 Å². The average Bonchev–Trinajstić information content (AvgIpc) is 2.30. The van der Waals surface area contributed by atoms with Crippen molar-refractivity contribution in [2.75, 3.05) is 18.5 Å². The molecule has 15 heavy (non-hydrogen) atoms. The molecule has 0 saturated heterocycles. The van der Waals surface area contributed by atoms with Crippen molar-refractivity contribution in [1.29, 1.82) is 0 Å². The highest BCUT2D eigenvalue weighted by atomic mass is 79.9. The summed E-state index contributed by atoms with van der Waals surface area (Å²) in [5, 5.41) is 10.8. The van der Waals surface area contributed by atoms with E-state index < -0.39 is 6.10 Å². The predicted octanol–water partition coefficient (Wildman–Crippen LogP) is 2.91. The van der Waals surface area contributed by atoms with Gasteiger partial charge in [0.15, 0.2) is 0 Å². The summed E-state index contributed by atoms with van der Waals surface area (Å²) < 4.78 is 5.38. The van der Waals surface area contributed by atoms with Crippen LogP contribution in [0.5, 0.6) is 0 Å². The van der Waals surface area contributed by atoms with Gasteiger partial charge in [0, 0.05) is 25.0 Å². The molecule has 1 atom stereocenters. The molecule has 0 aliphatic rings. The van der Waals surface area contributed by atoms with Gasteiger partial charge in [-0.05, 0) is 12.0 Å². The maximum Gasteiger partial charge on any atom is 0.0812 e. The third kappa shape index (κ3) is 5.30. The summed E-state index contributed by atoms with van der Waals surface area (Å²) in [6.07, 6.45) is 1.27. The van der Waals surface area contributed by atoms with Crippen molar-refractivity contribution in [1.82, 2.24) is 0 Å². The molecular weight excluding hydrogens is 256 g/mol. The lowest BCUT2D eigenvalue weighted by molar-refractivity contribution is 0.0826. The zero-order valence-electron chi connectivity index (χ0n) is 8.73. The highest BCUT2D eigenvalue weighted by Gasteiger charge is 2.05. The molecule has 3 heteroatoms. The summed E-state index contributed by atoms with van der Waals surface area (Å²) in [6.45, 7) is 1.37. The Labute approximate surface area is 99.4 Å². The van der Waals surface area contributed by atoms with Gasteiger partial charge in [-0.15, -0.1) is 0 Å². The van der Waals surface area contributed by atoms with Crippen molar-refractivity contribution >= 4 is 15.9 Å². The maximum absolute atomic E-state index is 9.79. The first-order valence-corrected chi connectivity index (χ1v) is 6.33. The molecular formula is C12H17BrO2. The highest BCUT2D eigenvalue weighted by molar-refractivity contribution is 9.09. The minimum Gasteiger partial charge on any atom is -0.388 e. The topological polar surface area (TPSA) is 29.5 Å². The zero-order valence-corrected chi connectivity index (χ0v) is 10.3. The molecule has 0 amide bonds. The Morgan fingerprint density at radius 3 is 2.60 bits per heavy atom. The molecule has 0 heterocycles. The molecule has 2 nitrogen and oxygen atoms in total. The van der Waals surface area contributed by atoms with E-state index in [4.69, 9.17) is 4.74 Å². The van der Waals surface area contributed by atoms with E-state index in [2.05, 4.69) is 15.9 Å². The number of ether oxygens (including phenoxy) is 1. The molecule has 0 radical (unpaired) electrons. The number of halogens is 1. The molecule has 0 aliphatic carbocycles. The summed E-state index contributed by atoms with van der Waals surface area (Å²) in [5.41, 5.74) is 0.960. The van der Waals surface area contributed by atoms with E-state index >= 15 is 0 Å². The lowest BCUT2D eigenvalue weighted by atomic mass is 10.1. The van der Waals surface area contributed by atoms with E-state index in [9.17, 15) is 5.11 Å². The normalized spacial score (nSPS) is 12.7. The Balaban J connectivity index is 2.16. The van der Waals surface area contributed by atoms with E-state index in [1.165, 1.54) is 0 Å². The Morgan fingerprint density at radius 1 is 1.20 bits per heavy atom. The number of hydrogen-bond donors (Lipinski definition) is 1. The number of rotatable bonds is 7. The quantitative estimate of drug-likeness (QED) is 0.611. The summed E-state index contributed by atoms with van der Waals surface area (Å²) in [5.74, 6) is 0. The smallest absolute Gasteiger partial charge is 0.0812 e. The molecule has 1 unspecified atom stereocenters. The first-order chi connectivity index (χ1) is 7.34. The average molecular weight is 273 g/mol. The molecule has 0 bridgehead atoms. The van der Waals surface area contributed by atoms with Crippen molar-refractivity contribution in [3.05, 3.63) is 35.9 Å². The fourth-order valence-corrected chi connectivity index (χ4v) is 1.52. The molecule has 0 aromatic heterocycles. The Bertz CT molecular complexity index is 251. The first kappa shape index (κ1) is 12.7. The lowest BCUT2D eigenvalue weighted by Gasteiger charge is -2.10. The van der Waals surface area contributed by atoms with Crippen molar-refractivity contribution in [3.63, 3.8) is 0 Å². The van der Waals surface area contributed by atoms with Crippen LogP contribution in [0, 0.1) is 0 Å². The SMILES string of the molecule is OC(CCOCCCBr)c1ccccc1. The van der Waals surface area contributed by atoms with Gasteiger partial charge in [0.1, 0.15) is 0 Å². The summed E-state index contributed by atoms with van der Waals surface area (Å²) in [6, 6.07) is 9.68. The van der Waals surface area contributed by atoms with Crippen molar-refractivity contribution < 1.29 is 9.84 Å². The summed E-state index contributed by atoms with van der Waals surface area (Å²) >= 11 is 3.34. The minimum absolute atomic E-state index is 0.407. The van der Waals surface area contributed by atoms with Gasteiger partial charge in [-0.1, -0.05) is 46.3 Å². The molecule has 0 fully saturated rings. The van der Waals surface area contributed by atoms with Crippen LogP contribution in [0.1, 0.15) is 24.5 Å². The fraction of sp³-hybridized carbons (Fsp3) is 0.500. The minimum atomic E-state index is -0.407. The molecule has 1 aromatic rings. The number of aliphatic hydroxyl groups is 1. The summed E-state index contributed by atoms with van der Waals surface area (Å²) in [7, 11) is 0. The molecule has 0 saturated carbocycles. The van der Waals surface area contributed by atoms with Gasteiger partial charge < -0.3 is 9.84 Å². The van der Waals surface area contributed by atoms with E-state index in [0.29, 0.717) is 13.0 Å². The van der Waals surface area contributed by atoms with E-state index in [0.717, 1.165) is 23.9 Å². The van der Waals surface area contributed by atoms with Gasteiger partial charge in [0.05, 0.1) is 6.10 Å². The Kier molecular flexibility index (Phi) is 6.64. The molecule has 0 spiro atoms. The van der Waals surface area contributed by atoms with Crippen LogP contribution in [-0.4, -0.2) is 23.7 Å². The van der Waals surface area contributed by atoms with Crippen molar-refractivity contribution in [2.24, 2.45) is 0 Å². The van der Waals surface area contributed by atoms with Gasteiger partial charge in [-0.2, -0.15) is 0 Å². The standard InChI is InChI=1S/C12H17BrO2/c13-8-4-9-15-10-7-12(14)11-5-2-1-3-6-11/h1-3,5-6,12,14H,4,7-10H2. The second kappa shape index (κ2) is 7.85. The van der Waals surface area contributed by atoms with Crippen LogP contribution in [0.15, 0.2) is 30.3 Å². The lowest BCUT2D eigenvalue weighted by Crippen LogP contribution is -2.04. The number of benzene rings is 1. The Hall–Kier alpha value is -0.380. The van der Waals surface area contributed by atoms with Crippen LogP contribution < -0.4 is 0 Å². The van der Waals surface area contributed by atoms with Crippen molar-refractivity contribution in [3.8, 4) is 0 Å². The number of alkyl halides is 1. The zero-order chi connectivity index (χ0) is 10.9. The highest BCUT2D eigenvalue weighted by Crippen LogP contribution is 2.15. The van der Waals surface area contributed by atoms with E-state index in [1.54, 1.807) is 0 Å². The van der Waals surface area contributed by atoms with Crippen LogP contribution in [0.4, 0.5) is 0 Å². The van der Waals surface area contributed by atoms with E-state index in [1.807, 2.05) is 30.3 Å². The maximum atomic E-state index is 9.79. The van der Waals surface area contributed by atoms with Gasteiger partial charge in [-0.3, -0.25) is 0 Å². The van der Waals surface area contributed by atoms with E-state index in [-0.39, 0.29) is 0 Å². The largest absolute Gasteiger partial charge is 0.388 e. The van der Waals surface area contributed by atoms with Gasteiger partial charge >= 0.3 is 0 Å². The monoisotopic (exact) mass is 272 g/mol. The Morgan fingerprint density at radius 2 is 1.93 bits per heavy atom. The molecule has 1 rings (SSSR count). The molecule has 1 N–H and O–H groups in total. The van der Waals surface area contributed by atoms with Crippen LogP contribution in [0.25, 0.3) is 0 Å². The molecule has 84 valence electrons.